The van der Waals surface area contributed by atoms with Crippen LogP contribution in [0.4, 0.5) is 5.69 Å². The first-order chi connectivity index (χ1) is 10.4. The van der Waals surface area contributed by atoms with Gasteiger partial charge in [-0.05, 0) is 56.9 Å². The molecular formula is C17H28N2O3S. The number of carbonyl (C=O) groups excluding carboxylic acids is 1. The first-order valence-electron chi connectivity index (χ1n) is 7.82. The lowest BCUT2D eigenvalue weighted by atomic mass is 10.1. The van der Waals surface area contributed by atoms with Gasteiger partial charge in [0.15, 0.2) is 0 Å². The second-order valence-electron chi connectivity index (χ2n) is 6.54. The molecule has 23 heavy (non-hydrogen) atoms. The third kappa shape index (κ3) is 4.96. The van der Waals surface area contributed by atoms with Gasteiger partial charge in [-0.15, -0.1) is 0 Å². The van der Waals surface area contributed by atoms with E-state index in [0.717, 1.165) is 17.4 Å². The fourth-order valence-corrected chi connectivity index (χ4v) is 3.35. The van der Waals surface area contributed by atoms with Gasteiger partial charge < -0.3 is 5.32 Å². The van der Waals surface area contributed by atoms with Crippen molar-refractivity contribution in [3.05, 3.63) is 29.3 Å². The molecule has 0 unspecified atom stereocenters. The first kappa shape index (κ1) is 19.5. The zero-order valence-electron chi connectivity index (χ0n) is 15.0. The Labute approximate surface area is 140 Å². The molecule has 0 aliphatic heterocycles. The van der Waals surface area contributed by atoms with Crippen LogP contribution in [0.1, 0.15) is 38.8 Å². The Morgan fingerprint density at radius 1 is 1.09 bits per heavy atom. The number of nitrogens with zero attached hydrogens (tertiary/aromatic N) is 1. The number of hydrogen-bond acceptors (Lipinski definition) is 3. The molecule has 1 amide bonds. The molecule has 0 heterocycles. The number of aryl methyl sites for hydroxylation is 2. The number of carbonyl (C=O) groups is 1. The predicted molar refractivity (Wildman–Crippen MR) is 95.1 cm³/mol. The van der Waals surface area contributed by atoms with Gasteiger partial charge in [0.2, 0.25) is 15.9 Å². The van der Waals surface area contributed by atoms with Crippen molar-refractivity contribution in [3.63, 3.8) is 0 Å². The topological polar surface area (TPSA) is 66.5 Å². The van der Waals surface area contributed by atoms with E-state index in [1.807, 2.05) is 40.7 Å². The Hall–Kier alpha value is -1.56. The second-order valence-corrected chi connectivity index (χ2v) is 8.40. The number of hydrogen-bond donors (Lipinski definition) is 1. The Morgan fingerprint density at radius 2 is 1.65 bits per heavy atom. The third-order valence-corrected chi connectivity index (χ3v) is 5.45. The van der Waals surface area contributed by atoms with Crippen molar-refractivity contribution in [1.82, 2.24) is 5.32 Å². The summed E-state index contributed by atoms with van der Waals surface area (Å²) in [6.45, 7) is 11.4. The molecule has 0 saturated heterocycles. The van der Waals surface area contributed by atoms with Crippen LogP contribution in [0.3, 0.4) is 0 Å². The summed E-state index contributed by atoms with van der Waals surface area (Å²) >= 11 is 0. The van der Waals surface area contributed by atoms with Crippen LogP contribution in [0.25, 0.3) is 0 Å². The summed E-state index contributed by atoms with van der Waals surface area (Å²) in [5, 5.41) is 2.88. The molecule has 0 radical (unpaired) electrons. The van der Waals surface area contributed by atoms with Crippen molar-refractivity contribution in [2.24, 2.45) is 5.92 Å². The summed E-state index contributed by atoms with van der Waals surface area (Å²) in [5.74, 6) is -0.0192. The minimum atomic E-state index is -3.58. The average Bonchev–Trinajstić information content (AvgIpc) is 2.41. The largest absolute Gasteiger partial charge is 0.352 e. The smallest absolute Gasteiger partial charge is 0.243 e. The molecular weight excluding hydrogens is 312 g/mol. The molecule has 130 valence electrons. The van der Waals surface area contributed by atoms with Gasteiger partial charge >= 0.3 is 0 Å². The number of nitrogens with one attached hydrogen (secondary N) is 1. The molecule has 0 saturated carbocycles. The highest BCUT2D eigenvalue weighted by Crippen LogP contribution is 2.23. The van der Waals surface area contributed by atoms with Gasteiger partial charge in [-0.25, -0.2) is 8.42 Å². The van der Waals surface area contributed by atoms with Gasteiger partial charge in [0.25, 0.3) is 0 Å². The van der Waals surface area contributed by atoms with Gasteiger partial charge in [-0.2, -0.15) is 0 Å². The van der Waals surface area contributed by atoms with Crippen LogP contribution in [0.5, 0.6) is 0 Å². The van der Waals surface area contributed by atoms with Crippen molar-refractivity contribution in [3.8, 4) is 0 Å². The minimum Gasteiger partial charge on any atom is -0.352 e. The molecule has 6 heteroatoms. The van der Waals surface area contributed by atoms with E-state index in [2.05, 4.69) is 5.32 Å². The Morgan fingerprint density at radius 3 is 2.09 bits per heavy atom. The molecule has 0 aromatic heterocycles. The molecule has 5 nitrogen and oxygen atoms in total. The molecule has 1 N–H and O–H groups in total. The van der Waals surface area contributed by atoms with Crippen LogP contribution in [0.15, 0.2) is 18.2 Å². The molecule has 0 bridgehead atoms. The first-order valence-corrected chi connectivity index (χ1v) is 9.67. The van der Waals surface area contributed by atoms with Gasteiger partial charge in [0, 0.05) is 6.04 Å². The average molecular weight is 340 g/mol. The van der Waals surface area contributed by atoms with Crippen molar-refractivity contribution < 1.29 is 13.2 Å². The highest BCUT2D eigenvalue weighted by Gasteiger charge is 2.30. The fourth-order valence-electron chi connectivity index (χ4n) is 2.18. The van der Waals surface area contributed by atoms with E-state index in [1.54, 1.807) is 19.1 Å². The maximum atomic E-state index is 12.5. The van der Waals surface area contributed by atoms with E-state index in [1.165, 1.54) is 4.31 Å². The zero-order chi connectivity index (χ0) is 17.9. The number of benzene rings is 1. The van der Waals surface area contributed by atoms with Crippen LogP contribution in [-0.4, -0.2) is 32.7 Å². The Kier molecular flexibility index (Phi) is 6.22. The van der Waals surface area contributed by atoms with Crippen LogP contribution in [-0.2, 0) is 14.8 Å². The van der Waals surface area contributed by atoms with Gasteiger partial charge in [-0.1, -0.05) is 19.9 Å². The summed E-state index contributed by atoms with van der Waals surface area (Å²) in [5.41, 5.74) is 2.57. The van der Waals surface area contributed by atoms with E-state index in [9.17, 15) is 13.2 Å². The van der Waals surface area contributed by atoms with Crippen molar-refractivity contribution in [2.75, 3.05) is 10.6 Å². The molecule has 1 rings (SSSR count). The van der Waals surface area contributed by atoms with Crippen LogP contribution < -0.4 is 9.62 Å². The summed E-state index contributed by atoms with van der Waals surface area (Å²) in [6.07, 6.45) is 1.12. The van der Waals surface area contributed by atoms with Crippen molar-refractivity contribution in [2.45, 2.75) is 53.6 Å². The van der Waals surface area contributed by atoms with Gasteiger partial charge in [-0.3, -0.25) is 9.10 Å². The van der Waals surface area contributed by atoms with E-state index < -0.39 is 16.1 Å². The van der Waals surface area contributed by atoms with E-state index in [0.29, 0.717) is 5.69 Å². The van der Waals surface area contributed by atoms with Gasteiger partial charge in [0.1, 0.15) is 6.04 Å². The van der Waals surface area contributed by atoms with Gasteiger partial charge in [0.05, 0.1) is 11.9 Å². The predicted octanol–water partition coefficient (Wildman–Crippen LogP) is 2.62. The molecule has 2 atom stereocenters. The monoisotopic (exact) mass is 340 g/mol. The molecule has 0 aliphatic rings. The lowest BCUT2D eigenvalue weighted by Crippen LogP contribution is -2.50. The molecule has 1 aromatic carbocycles. The second kappa shape index (κ2) is 7.34. The van der Waals surface area contributed by atoms with Crippen LogP contribution in [0, 0.1) is 19.8 Å². The summed E-state index contributed by atoms with van der Waals surface area (Å²) < 4.78 is 25.7. The number of amides is 1. The van der Waals surface area contributed by atoms with Crippen LogP contribution in [0.2, 0.25) is 0 Å². The SMILES string of the molecule is Cc1ccc(N([C@@H](C)C(=O)N[C@@H](C)C(C)C)S(C)(=O)=O)cc1C. The highest BCUT2D eigenvalue weighted by molar-refractivity contribution is 7.92. The minimum absolute atomic E-state index is 0.0221. The fraction of sp³-hybridized carbons (Fsp3) is 0.588. The number of sulfonamides is 1. The summed E-state index contributed by atoms with van der Waals surface area (Å²) in [4.78, 5) is 12.5. The van der Waals surface area contributed by atoms with Crippen molar-refractivity contribution in [1.29, 1.82) is 0 Å². The number of rotatable bonds is 6. The van der Waals surface area contributed by atoms with E-state index >= 15 is 0 Å². The quantitative estimate of drug-likeness (QED) is 0.865. The highest BCUT2D eigenvalue weighted by atomic mass is 32.2. The summed E-state index contributed by atoms with van der Waals surface area (Å²) in [7, 11) is -3.58. The molecule has 0 fully saturated rings. The van der Waals surface area contributed by atoms with Crippen molar-refractivity contribution >= 4 is 21.6 Å². The lowest BCUT2D eigenvalue weighted by Gasteiger charge is -2.30. The summed E-state index contributed by atoms with van der Waals surface area (Å²) in [6, 6.07) is 4.56. The van der Waals surface area contributed by atoms with E-state index in [4.69, 9.17) is 0 Å². The van der Waals surface area contributed by atoms with Crippen LogP contribution >= 0.6 is 0 Å². The maximum absolute atomic E-state index is 12.5. The maximum Gasteiger partial charge on any atom is 0.243 e. The molecule has 1 aromatic rings. The van der Waals surface area contributed by atoms with E-state index in [-0.39, 0.29) is 17.9 Å². The lowest BCUT2D eigenvalue weighted by molar-refractivity contribution is -0.122. The standard InChI is InChI=1S/C17H28N2O3S/c1-11(2)14(5)18-17(20)15(6)19(23(7,21)22)16-9-8-12(3)13(4)10-16/h8-11,14-15H,1-7H3,(H,18,20)/t14-,15-/m0/s1. The number of anilines is 1. The third-order valence-electron chi connectivity index (χ3n) is 4.20. The zero-order valence-corrected chi connectivity index (χ0v) is 15.9. The Bertz CT molecular complexity index is 668. The normalized spacial score (nSPS) is 14.4. The molecule has 0 spiro atoms. The molecule has 0 aliphatic carbocycles. The Balaban J connectivity index is 3.17.